The fraction of sp³-hybridized carbons (Fsp3) is 0.160. The van der Waals surface area contributed by atoms with Crippen molar-refractivity contribution >= 4 is 46.9 Å². The van der Waals surface area contributed by atoms with Gasteiger partial charge in [-0.1, -0.05) is 47.5 Å². The lowest BCUT2D eigenvalue weighted by molar-refractivity contribution is -0.124. The monoisotopic (exact) mass is 499 g/mol. The van der Waals surface area contributed by atoms with Gasteiger partial charge in [-0.3, -0.25) is 9.59 Å². The molecule has 0 unspecified atom stereocenters. The average molecular weight is 500 g/mol. The molecule has 0 saturated heterocycles. The number of hydrazone groups is 1. The number of amides is 2. The van der Waals surface area contributed by atoms with Crippen LogP contribution in [0, 0.1) is 0 Å². The van der Waals surface area contributed by atoms with E-state index in [1.165, 1.54) is 6.21 Å². The third kappa shape index (κ3) is 7.79. The van der Waals surface area contributed by atoms with Crippen molar-refractivity contribution in [2.45, 2.75) is 19.4 Å². The van der Waals surface area contributed by atoms with E-state index in [-0.39, 0.29) is 24.7 Å². The number of nitrogens with zero attached hydrogens (tertiary/aromatic N) is 1. The van der Waals surface area contributed by atoms with Gasteiger partial charge in [-0.25, -0.2) is 5.43 Å². The van der Waals surface area contributed by atoms with Crippen LogP contribution < -0.4 is 20.2 Å². The molecule has 34 heavy (non-hydrogen) atoms. The Bertz CT molecular complexity index is 1170. The zero-order valence-electron chi connectivity index (χ0n) is 18.4. The van der Waals surface area contributed by atoms with Crippen LogP contribution in [0.15, 0.2) is 71.8 Å². The van der Waals surface area contributed by atoms with Crippen LogP contribution in [0.3, 0.4) is 0 Å². The molecule has 7 nitrogen and oxygen atoms in total. The predicted molar refractivity (Wildman–Crippen MR) is 134 cm³/mol. The molecular weight excluding hydrogens is 477 g/mol. The minimum atomic E-state index is -0.388. The molecule has 0 heterocycles. The van der Waals surface area contributed by atoms with Crippen molar-refractivity contribution in [1.29, 1.82) is 0 Å². The van der Waals surface area contributed by atoms with E-state index >= 15 is 0 Å². The summed E-state index contributed by atoms with van der Waals surface area (Å²) in [5, 5.41) is 7.70. The molecular formula is C25H23Cl2N3O4. The van der Waals surface area contributed by atoms with Crippen molar-refractivity contribution in [3.05, 3.63) is 87.9 Å². The number of ether oxygens (including phenoxy) is 2. The maximum atomic E-state index is 12.0. The van der Waals surface area contributed by atoms with Gasteiger partial charge in [0.25, 0.3) is 0 Å². The van der Waals surface area contributed by atoms with Crippen molar-refractivity contribution < 1.29 is 19.1 Å². The van der Waals surface area contributed by atoms with Crippen LogP contribution in [0.4, 0.5) is 5.69 Å². The van der Waals surface area contributed by atoms with E-state index in [0.717, 1.165) is 5.56 Å². The molecule has 2 amide bonds. The van der Waals surface area contributed by atoms with Crippen LogP contribution in [0.5, 0.6) is 11.5 Å². The Balaban J connectivity index is 1.46. The highest BCUT2D eigenvalue weighted by Crippen LogP contribution is 2.28. The topological polar surface area (TPSA) is 89.0 Å². The third-order valence-corrected chi connectivity index (χ3v) is 5.21. The number of carbonyl (C=O) groups excluding carboxylic acids is 2. The average Bonchev–Trinajstić information content (AvgIpc) is 2.84. The molecule has 0 aliphatic heterocycles. The second-order valence-corrected chi connectivity index (χ2v) is 7.99. The van der Waals surface area contributed by atoms with E-state index in [2.05, 4.69) is 15.8 Å². The van der Waals surface area contributed by atoms with Crippen LogP contribution in [0.2, 0.25) is 10.0 Å². The molecule has 0 radical (unpaired) electrons. The number of nitrogens with one attached hydrogen (secondary N) is 2. The van der Waals surface area contributed by atoms with Gasteiger partial charge >= 0.3 is 0 Å². The van der Waals surface area contributed by atoms with Crippen LogP contribution >= 0.6 is 23.2 Å². The molecule has 0 saturated carbocycles. The third-order valence-electron chi connectivity index (χ3n) is 4.63. The van der Waals surface area contributed by atoms with Crippen molar-refractivity contribution in [3.63, 3.8) is 0 Å². The summed E-state index contributed by atoms with van der Waals surface area (Å²) in [5.41, 5.74) is 4.58. The zero-order chi connectivity index (χ0) is 24.3. The van der Waals surface area contributed by atoms with E-state index in [9.17, 15) is 9.59 Å². The Kier molecular flexibility index (Phi) is 9.31. The minimum absolute atomic E-state index is 0.0000543. The van der Waals surface area contributed by atoms with E-state index in [0.29, 0.717) is 39.4 Å². The van der Waals surface area contributed by atoms with Gasteiger partial charge in [-0.2, -0.15) is 5.10 Å². The summed E-state index contributed by atoms with van der Waals surface area (Å²) in [6.07, 6.45) is 1.46. The highest BCUT2D eigenvalue weighted by atomic mass is 35.5. The first kappa shape index (κ1) is 25.1. The van der Waals surface area contributed by atoms with Gasteiger partial charge in [0.2, 0.25) is 11.8 Å². The summed E-state index contributed by atoms with van der Waals surface area (Å²) >= 11 is 11.9. The van der Waals surface area contributed by atoms with E-state index in [1.807, 2.05) is 12.1 Å². The van der Waals surface area contributed by atoms with Crippen LogP contribution in [-0.2, 0) is 16.2 Å². The number of hydrogen-bond donors (Lipinski definition) is 2. The van der Waals surface area contributed by atoms with Gasteiger partial charge < -0.3 is 14.8 Å². The largest absolute Gasteiger partial charge is 0.493 e. The minimum Gasteiger partial charge on any atom is -0.493 e. The number of halogens is 2. The summed E-state index contributed by atoms with van der Waals surface area (Å²) in [6.45, 7) is 0.362. The van der Waals surface area contributed by atoms with Crippen molar-refractivity contribution in [1.82, 2.24) is 5.43 Å². The lowest BCUT2D eigenvalue weighted by Gasteiger charge is -2.11. The molecule has 0 atom stereocenters. The number of carbonyl (C=O) groups is 2. The number of anilines is 1. The number of hydrogen-bond acceptors (Lipinski definition) is 5. The maximum Gasteiger partial charge on any atom is 0.240 e. The number of rotatable bonds is 10. The maximum absolute atomic E-state index is 12.0. The van der Waals surface area contributed by atoms with Gasteiger partial charge in [0, 0.05) is 17.9 Å². The van der Waals surface area contributed by atoms with Crippen LogP contribution in [0.1, 0.15) is 24.0 Å². The van der Waals surface area contributed by atoms with E-state index < -0.39 is 0 Å². The second-order valence-electron chi connectivity index (χ2n) is 7.15. The standard InChI is InChI=1S/C25H23Cl2N3O4/c1-33-23-14-18(8-11-22(23)34-16-17-6-9-19(26)10-7-17)15-28-30-25(32)13-12-24(31)29-21-5-3-2-4-20(21)27/h2-11,14-15H,12-13,16H2,1H3,(H,29,31)(H,30,32). The van der Waals surface area contributed by atoms with Gasteiger partial charge in [-0.15, -0.1) is 0 Å². The molecule has 9 heteroatoms. The molecule has 0 fully saturated rings. The molecule has 3 aromatic carbocycles. The van der Waals surface area contributed by atoms with Gasteiger partial charge in [0.1, 0.15) is 6.61 Å². The summed E-state index contributed by atoms with van der Waals surface area (Å²) in [4.78, 5) is 24.0. The lowest BCUT2D eigenvalue weighted by atomic mass is 10.2. The van der Waals surface area contributed by atoms with Crippen LogP contribution in [-0.4, -0.2) is 25.1 Å². The summed E-state index contributed by atoms with van der Waals surface area (Å²) in [5.74, 6) is 0.398. The lowest BCUT2D eigenvalue weighted by Crippen LogP contribution is -2.20. The predicted octanol–water partition coefficient (Wildman–Crippen LogP) is 5.45. The van der Waals surface area contributed by atoms with Crippen LogP contribution in [0.25, 0.3) is 0 Å². The van der Waals surface area contributed by atoms with Crippen molar-refractivity contribution in [3.8, 4) is 11.5 Å². The fourth-order valence-corrected chi connectivity index (χ4v) is 3.17. The Morgan fingerprint density at radius 3 is 2.41 bits per heavy atom. The normalized spacial score (nSPS) is 10.7. The smallest absolute Gasteiger partial charge is 0.240 e. The molecule has 0 aromatic heterocycles. The first-order valence-corrected chi connectivity index (χ1v) is 11.1. The molecule has 3 rings (SSSR count). The van der Waals surface area contributed by atoms with Gasteiger partial charge in [-0.05, 0) is 53.6 Å². The SMILES string of the molecule is COc1cc(C=NNC(=O)CCC(=O)Nc2ccccc2Cl)ccc1OCc1ccc(Cl)cc1. The number of methoxy groups -OCH3 is 1. The molecule has 2 N–H and O–H groups in total. The highest BCUT2D eigenvalue weighted by molar-refractivity contribution is 6.33. The van der Waals surface area contributed by atoms with Crippen molar-refractivity contribution in [2.75, 3.05) is 12.4 Å². The van der Waals surface area contributed by atoms with E-state index in [4.69, 9.17) is 32.7 Å². The van der Waals surface area contributed by atoms with Gasteiger partial charge in [0.15, 0.2) is 11.5 Å². The molecule has 3 aromatic rings. The Labute approximate surface area is 207 Å². The Morgan fingerprint density at radius 2 is 1.68 bits per heavy atom. The molecule has 0 spiro atoms. The first-order valence-electron chi connectivity index (χ1n) is 10.4. The molecule has 0 aliphatic carbocycles. The van der Waals surface area contributed by atoms with Gasteiger partial charge in [0.05, 0.1) is 24.0 Å². The molecule has 0 bridgehead atoms. The molecule has 176 valence electrons. The second kappa shape index (κ2) is 12.6. The summed E-state index contributed by atoms with van der Waals surface area (Å²) in [7, 11) is 1.54. The Morgan fingerprint density at radius 1 is 0.941 bits per heavy atom. The number of benzene rings is 3. The summed E-state index contributed by atoms with van der Waals surface area (Å²) in [6, 6.07) is 19.6. The molecule has 0 aliphatic rings. The Hall–Kier alpha value is -3.55. The number of para-hydroxylation sites is 1. The van der Waals surface area contributed by atoms with E-state index in [1.54, 1.807) is 61.7 Å². The fourth-order valence-electron chi connectivity index (χ4n) is 2.86. The van der Waals surface area contributed by atoms with Crippen molar-refractivity contribution in [2.24, 2.45) is 5.10 Å². The quantitative estimate of drug-likeness (QED) is 0.286. The first-order chi connectivity index (χ1) is 16.4. The zero-order valence-corrected chi connectivity index (χ0v) is 19.9. The highest BCUT2D eigenvalue weighted by Gasteiger charge is 2.09. The summed E-state index contributed by atoms with van der Waals surface area (Å²) < 4.78 is 11.2.